The van der Waals surface area contributed by atoms with E-state index in [1.165, 1.54) is 4.57 Å². The molecular formula is C10H8F2N2OS. The van der Waals surface area contributed by atoms with Crippen molar-refractivity contribution >= 4 is 23.1 Å². The highest BCUT2D eigenvalue weighted by Gasteiger charge is 2.09. The summed E-state index contributed by atoms with van der Waals surface area (Å²) >= 11 is 4.93. The summed E-state index contributed by atoms with van der Waals surface area (Å²) < 4.78 is 27.8. The number of nitrogens with one attached hydrogen (secondary N) is 1. The summed E-state index contributed by atoms with van der Waals surface area (Å²) in [7, 11) is 0. The Morgan fingerprint density at radius 1 is 1.38 bits per heavy atom. The van der Waals surface area contributed by atoms with Gasteiger partial charge in [-0.05, 0) is 25.2 Å². The van der Waals surface area contributed by atoms with Crippen LogP contribution in [0, 0.1) is 16.4 Å². The standard InChI is InChI=1S/C10H8F2N2OS/c1-2-14-8-4-7(12)6(11)3-5(8)9(15)13-10(14)16/h3-4H,2H2,1H3,(H,13,15,16). The number of hydrogen-bond donors (Lipinski definition) is 1. The molecule has 0 spiro atoms. The molecule has 2 aromatic rings. The molecule has 1 aromatic carbocycles. The van der Waals surface area contributed by atoms with Gasteiger partial charge in [0.25, 0.3) is 5.56 Å². The largest absolute Gasteiger partial charge is 0.318 e. The van der Waals surface area contributed by atoms with Crippen LogP contribution in [-0.4, -0.2) is 9.55 Å². The average Bonchev–Trinajstić information content (AvgIpc) is 2.22. The van der Waals surface area contributed by atoms with Gasteiger partial charge in [-0.25, -0.2) is 8.78 Å². The number of halogens is 2. The van der Waals surface area contributed by atoms with Crippen LogP contribution in [0.5, 0.6) is 0 Å². The van der Waals surface area contributed by atoms with E-state index >= 15 is 0 Å². The third-order valence-corrected chi connectivity index (χ3v) is 2.68. The van der Waals surface area contributed by atoms with E-state index in [0.29, 0.717) is 12.1 Å². The molecule has 6 heteroatoms. The topological polar surface area (TPSA) is 37.8 Å². The van der Waals surface area contributed by atoms with Crippen LogP contribution in [0.1, 0.15) is 6.92 Å². The molecule has 0 saturated carbocycles. The van der Waals surface area contributed by atoms with E-state index in [9.17, 15) is 13.6 Å². The van der Waals surface area contributed by atoms with Gasteiger partial charge in [0.1, 0.15) is 0 Å². The maximum Gasteiger partial charge on any atom is 0.259 e. The number of hydrogen-bond acceptors (Lipinski definition) is 2. The molecule has 0 bridgehead atoms. The Morgan fingerprint density at radius 3 is 2.62 bits per heavy atom. The van der Waals surface area contributed by atoms with Gasteiger partial charge >= 0.3 is 0 Å². The van der Waals surface area contributed by atoms with Crippen molar-refractivity contribution in [3.8, 4) is 0 Å². The monoisotopic (exact) mass is 242 g/mol. The molecule has 1 N–H and O–H groups in total. The first-order valence-electron chi connectivity index (χ1n) is 4.66. The van der Waals surface area contributed by atoms with Gasteiger partial charge in [0.15, 0.2) is 16.4 Å². The van der Waals surface area contributed by atoms with Crippen LogP contribution in [0.4, 0.5) is 8.78 Å². The fraction of sp³-hybridized carbons (Fsp3) is 0.200. The van der Waals surface area contributed by atoms with Crippen LogP contribution in [0.3, 0.4) is 0 Å². The van der Waals surface area contributed by atoms with Crippen LogP contribution in [0.25, 0.3) is 10.9 Å². The maximum absolute atomic E-state index is 13.1. The summed E-state index contributed by atoms with van der Waals surface area (Å²) in [6.07, 6.45) is 0. The van der Waals surface area contributed by atoms with Crippen molar-refractivity contribution in [3.63, 3.8) is 0 Å². The number of benzene rings is 1. The van der Waals surface area contributed by atoms with Gasteiger partial charge in [-0.15, -0.1) is 0 Å². The molecule has 0 fully saturated rings. The third kappa shape index (κ3) is 1.55. The minimum absolute atomic E-state index is 0.0920. The van der Waals surface area contributed by atoms with Gasteiger partial charge in [-0.3, -0.25) is 9.78 Å². The van der Waals surface area contributed by atoms with Gasteiger partial charge in [0, 0.05) is 12.6 Å². The van der Waals surface area contributed by atoms with E-state index in [1.54, 1.807) is 6.92 Å². The van der Waals surface area contributed by atoms with Gasteiger partial charge in [-0.1, -0.05) is 0 Å². The van der Waals surface area contributed by atoms with E-state index in [1.807, 2.05) is 0 Å². The van der Waals surface area contributed by atoms with Gasteiger partial charge in [0.2, 0.25) is 0 Å². The lowest BCUT2D eigenvalue weighted by Gasteiger charge is -2.08. The molecule has 84 valence electrons. The first-order chi connectivity index (χ1) is 7.54. The summed E-state index contributed by atoms with van der Waals surface area (Å²) in [5.74, 6) is -2.03. The molecule has 0 radical (unpaired) electrons. The number of rotatable bonds is 1. The van der Waals surface area contributed by atoms with Crippen LogP contribution in [0.2, 0.25) is 0 Å². The van der Waals surface area contributed by atoms with E-state index in [4.69, 9.17) is 12.2 Å². The Bertz CT molecular complexity index is 675. The second-order valence-corrected chi connectivity index (χ2v) is 3.67. The lowest BCUT2D eigenvalue weighted by molar-refractivity contribution is 0.509. The first kappa shape index (κ1) is 10.9. The first-order valence-corrected chi connectivity index (χ1v) is 5.07. The van der Waals surface area contributed by atoms with E-state index < -0.39 is 17.2 Å². The smallest absolute Gasteiger partial charge is 0.259 e. The molecule has 0 aliphatic heterocycles. The zero-order chi connectivity index (χ0) is 11.9. The van der Waals surface area contributed by atoms with E-state index in [0.717, 1.165) is 12.1 Å². The second-order valence-electron chi connectivity index (χ2n) is 3.29. The summed E-state index contributed by atoms with van der Waals surface area (Å²) in [5, 5.41) is 0.0920. The Morgan fingerprint density at radius 2 is 2.00 bits per heavy atom. The van der Waals surface area contributed by atoms with Crippen molar-refractivity contribution in [2.24, 2.45) is 0 Å². The summed E-state index contributed by atoms with van der Waals surface area (Å²) in [4.78, 5) is 13.9. The number of aryl methyl sites for hydroxylation is 1. The Kier molecular flexibility index (Phi) is 2.59. The second kappa shape index (κ2) is 3.79. The molecule has 0 saturated heterocycles. The predicted octanol–water partition coefficient (Wildman–Crippen LogP) is 2.36. The van der Waals surface area contributed by atoms with Crippen LogP contribution >= 0.6 is 12.2 Å². The number of aromatic nitrogens is 2. The highest BCUT2D eigenvalue weighted by Crippen LogP contribution is 2.15. The number of H-pyrrole nitrogens is 1. The maximum atomic E-state index is 13.1. The fourth-order valence-corrected chi connectivity index (χ4v) is 1.92. The average molecular weight is 242 g/mol. The van der Waals surface area contributed by atoms with Crippen molar-refractivity contribution in [2.75, 3.05) is 0 Å². The van der Waals surface area contributed by atoms with E-state index in [2.05, 4.69) is 4.98 Å². The Hall–Kier alpha value is -1.56. The molecular weight excluding hydrogens is 234 g/mol. The molecule has 1 heterocycles. The zero-order valence-corrected chi connectivity index (χ0v) is 9.20. The van der Waals surface area contributed by atoms with Crippen molar-refractivity contribution < 1.29 is 8.78 Å². The van der Waals surface area contributed by atoms with Crippen molar-refractivity contribution in [1.82, 2.24) is 9.55 Å². The lowest BCUT2D eigenvalue weighted by atomic mass is 10.2. The van der Waals surface area contributed by atoms with Gasteiger partial charge in [0.05, 0.1) is 10.9 Å². The Balaban J connectivity index is 3.06. The summed E-state index contributed by atoms with van der Waals surface area (Å²) in [5.41, 5.74) is -0.209. The quantitative estimate of drug-likeness (QED) is 0.779. The number of nitrogens with zero attached hydrogens (tertiary/aromatic N) is 1. The minimum atomic E-state index is -1.04. The fourth-order valence-electron chi connectivity index (χ4n) is 1.60. The summed E-state index contributed by atoms with van der Waals surface area (Å²) in [6.45, 7) is 2.27. The van der Waals surface area contributed by atoms with Gasteiger partial charge in [-0.2, -0.15) is 0 Å². The van der Waals surface area contributed by atoms with Crippen molar-refractivity contribution in [1.29, 1.82) is 0 Å². The molecule has 16 heavy (non-hydrogen) atoms. The van der Waals surface area contributed by atoms with Crippen molar-refractivity contribution in [3.05, 3.63) is 38.9 Å². The minimum Gasteiger partial charge on any atom is -0.318 e. The molecule has 0 aliphatic carbocycles. The normalized spacial score (nSPS) is 10.9. The van der Waals surface area contributed by atoms with Crippen LogP contribution < -0.4 is 5.56 Å². The summed E-state index contributed by atoms with van der Waals surface area (Å²) in [6, 6.07) is 1.86. The highest BCUT2D eigenvalue weighted by atomic mass is 32.1. The zero-order valence-electron chi connectivity index (χ0n) is 8.38. The number of aromatic amines is 1. The Labute approximate surface area is 94.3 Å². The molecule has 0 atom stereocenters. The lowest BCUT2D eigenvalue weighted by Crippen LogP contribution is -2.14. The van der Waals surface area contributed by atoms with Crippen LogP contribution in [0.15, 0.2) is 16.9 Å². The van der Waals surface area contributed by atoms with E-state index in [-0.39, 0.29) is 10.2 Å². The predicted molar refractivity (Wildman–Crippen MR) is 59.0 cm³/mol. The highest BCUT2D eigenvalue weighted by molar-refractivity contribution is 7.71. The molecule has 0 amide bonds. The number of fused-ring (bicyclic) bond motifs is 1. The van der Waals surface area contributed by atoms with Gasteiger partial charge < -0.3 is 4.57 Å². The van der Waals surface area contributed by atoms with Crippen LogP contribution in [-0.2, 0) is 6.54 Å². The van der Waals surface area contributed by atoms with Crippen molar-refractivity contribution in [2.45, 2.75) is 13.5 Å². The molecule has 0 unspecified atom stereocenters. The molecule has 1 aromatic heterocycles. The molecule has 0 aliphatic rings. The third-order valence-electron chi connectivity index (χ3n) is 2.36. The molecule has 3 nitrogen and oxygen atoms in total. The molecule has 2 rings (SSSR count). The SMILES string of the molecule is CCn1c(=S)[nH]c(=O)c2cc(F)c(F)cc21.